The van der Waals surface area contributed by atoms with Gasteiger partial charge in [0.1, 0.15) is 0 Å². The van der Waals surface area contributed by atoms with Crippen LogP contribution in [0.1, 0.15) is 20.8 Å². The van der Waals surface area contributed by atoms with Crippen molar-refractivity contribution in [1.29, 1.82) is 0 Å². The van der Waals surface area contributed by atoms with E-state index in [2.05, 4.69) is 19.2 Å². The molecule has 0 atom stereocenters. The van der Waals surface area contributed by atoms with E-state index in [1.54, 1.807) is 6.08 Å². The normalized spacial score (nSPS) is 7.10. The molecule has 0 aliphatic rings. The van der Waals surface area contributed by atoms with Gasteiger partial charge >= 0.3 is 0 Å². The average molecular weight is 298 g/mol. The predicted molar refractivity (Wildman–Crippen MR) is 44.2 cm³/mol. The Morgan fingerprint density at radius 2 is 1.80 bits per heavy atom. The van der Waals surface area contributed by atoms with Crippen LogP contribution in [0.25, 0.3) is 0 Å². The fraction of sp³-hybridized carbons (Fsp3) is 0.333. The molecule has 0 N–H and O–H groups in total. The van der Waals surface area contributed by atoms with Crippen LogP contribution < -0.4 is 0 Å². The van der Waals surface area contributed by atoms with Crippen LogP contribution in [-0.2, 0) is 0 Å². The van der Waals surface area contributed by atoms with Crippen molar-refractivity contribution < 1.29 is 36.9 Å². The predicted octanol–water partition coefficient (Wildman–Crippen LogP) is 3.13. The van der Waals surface area contributed by atoms with Gasteiger partial charge in [0, 0.05) is 36.9 Å². The summed E-state index contributed by atoms with van der Waals surface area (Å²) in [6, 6.07) is 0. The van der Waals surface area contributed by atoms with E-state index in [0.717, 1.165) is 5.57 Å². The molecule has 0 nitrogen and oxygen atoms in total. The fourth-order valence-electron chi connectivity index (χ4n) is 0.201. The monoisotopic (exact) mass is 298 g/mol. The van der Waals surface area contributed by atoms with Gasteiger partial charge in [0.2, 0.25) is 0 Å². The molecule has 0 heterocycles. The molecule has 0 spiro atoms. The molecule has 0 saturated carbocycles. The smallest absolute Gasteiger partial charge is 0 e. The zero-order valence-corrected chi connectivity index (χ0v) is 8.48. The largest absolute Gasteiger partial charge is 0.258 e. The molecule has 0 aliphatic heterocycles. The summed E-state index contributed by atoms with van der Waals surface area (Å²) in [5.41, 5.74) is 1.02. The summed E-state index contributed by atoms with van der Waals surface area (Å²) in [5, 5.41) is 0. The zero-order chi connectivity index (χ0) is 7.70. The molecule has 1 radical (unpaired) electrons. The van der Waals surface area contributed by atoms with Gasteiger partial charge in [-0.25, -0.2) is 12.2 Å². The molecule has 0 aromatic heterocycles. The van der Waals surface area contributed by atoms with Gasteiger partial charge in [0.15, 0.2) is 0 Å². The van der Waals surface area contributed by atoms with Gasteiger partial charge in [-0.05, 0) is 0 Å². The van der Waals surface area contributed by atoms with E-state index in [-0.39, 0.29) is 36.9 Å². The van der Waals surface area contributed by atoms with Crippen molar-refractivity contribution in [2.24, 2.45) is 0 Å². The van der Waals surface area contributed by atoms with E-state index >= 15 is 0 Å². The third-order valence-electron chi connectivity index (χ3n) is 0.486. The van der Waals surface area contributed by atoms with Crippen LogP contribution >= 0.6 is 0 Å². The van der Waals surface area contributed by atoms with Crippen molar-refractivity contribution in [3.05, 3.63) is 37.0 Å². The van der Waals surface area contributed by atoms with Gasteiger partial charge in [0.25, 0.3) is 0 Å². The number of rotatable bonds is 2. The van der Waals surface area contributed by atoms with Crippen molar-refractivity contribution in [2.45, 2.75) is 20.8 Å². The van der Waals surface area contributed by atoms with Crippen LogP contribution in [0.5, 0.6) is 0 Å². The second-order valence-electron chi connectivity index (χ2n) is 1.38. The van der Waals surface area contributed by atoms with Crippen LogP contribution in [-0.4, -0.2) is 0 Å². The molecule has 1 heteroatoms. The minimum absolute atomic E-state index is 0. The molecule has 0 amide bonds. The Balaban J connectivity index is -0.000000149. The molecule has 0 fully saturated rings. The first-order chi connectivity index (χ1) is 4.27. The number of allylic oxidation sites excluding steroid dienone is 4. The summed E-state index contributed by atoms with van der Waals surface area (Å²) in [6.07, 6.45) is 6.20. The molecular weight excluding hydrogens is 283 g/mol. The second kappa shape index (κ2) is 16.2. The molecule has 0 aromatic rings. The molecule has 0 aliphatic carbocycles. The van der Waals surface area contributed by atoms with Crippen LogP contribution in [0.3, 0.4) is 0 Å². The molecular formula is C9H15Lu-. The summed E-state index contributed by atoms with van der Waals surface area (Å²) < 4.78 is 0. The van der Waals surface area contributed by atoms with E-state index < -0.39 is 0 Å². The zero-order valence-electron chi connectivity index (χ0n) is 6.83. The Morgan fingerprint density at radius 1 is 1.40 bits per heavy atom. The Morgan fingerprint density at radius 3 is 1.90 bits per heavy atom. The average Bonchev–Trinajstić information content (AvgIpc) is 1.88. The maximum atomic E-state index is 3.64. The number of hydrogen-bond acceptors (Lipinski definition) is 0. The fourth-order valence-corrected chi connectivity index (χ4v) is 0.201. The third-order valence-corrected chi connectivity index (χ3v) is 0.486. The number of hydrogen-bond donors (Lipinski definition) is 0. The second-order valence-corrected chi connectivity index (χ2v) is 1.38. The molecule has 67 valence electrons. The maximum absolute atomic E-state index is 3.64. The van der Waals surface area contributed by atoms with Gasteiger partial charge in [-0.1, -0.05) is 20.8 Å². The van der Waals surface area contributed by atoms with Crippen LogP contribution in [0.4, 0.5) is 0 Å². The SMILES string of the molecule is C=[C-]/C=C\C(=C)C.CC.[Lu]. The standard InChI is InChI=1S/C7H9.C2H6.Lu/c1-4-5-6-7(2)3;1-2;/h5-6H,1-2H2,3H3;1-2H3;/q-1;;/b6-5-;;. The first-order valence-electron chi connectivity index (χ1n) is 3.12. The minimum Gasteiger partial charge on any atom is -0.258 e. The summed E-state index contributed by atoms with van der Waals surface area (Å²) in [5.74, 6) is 0. The van der Waals surface area contributed by atoms with Gasteiger partial charge in [-0.3, -0.25) is 6.08 Å². The molecule has 0 unspecified atom stereocenters. The van der Waals surface area contributed by atoms with E-state index in [1.807, 2.05) is 26.8 Å². The van der Waals surface area contributed by atoms with Crippen LogP contribution in [0.15, 0.2) is 30.9 Å². The minimum atomic E-state index is 0. The Hall–Kier alpha value is 0.454. The van der Waals surface area contributed by atoms with Crippen molar-refractivity contribution in [3.63, 3.8) is 0 Å². The van der Waals surface area contributed by atoms with Crippen molar-refractivity contribution in [3.8, 4) is 0 Å². The summed E-state index contributed by atoms with van der Waals surface area (Å²) in [6.45, 7) is 12.9. The Kier molecular flexibility index (Phi) is 27.3. The summed E-state index contributed by atoms with van der Waals surface area (Å²) in [7, 11) is 0. The Labute approximate surface area is 93.9 Å². The van der Waals surface area contributed by atoms with Crippen LogP contribution in [0, 0.1) is 43.0 Å². The van der Waals surface area contributed by atoms with Gasteiger partial charge in [0.05, 0.1) is 0 Å². The molecule has 0 bridgehead atoms. The Bertz CT molecular complexity index is 101. The van der Waals surface area contributed by atoms with E-state index in [1.165, 1.54) is 0 Å². The van der Waals surface area contributed by atoms with Gasteiger partial charge < -0.3 is 0 Å². The topological polar surface area (TPSA) is 0 Å². The van der Waals surface area contributed by atoms with Gasteiger partial charge in [-0.15, -0.1) is 12.2 Å². The molecule has 0 rings (SSSR count). The molecule has 10 heavy (non-hydrogen) atoms. The molecule has 0 aromatic carbocycles. The van der Waals surface area contributed by atoms with Crippen molar-refractivity contribution in [1.82, 2.24) is 0 Å². The van der Waals surface area contributed by atoms with Crippen molar-refractivity contribution >= 4 is 0 Å². The van der Waals surface area contributed by atoms with Crippen LogP contribution in [0.2, 0.25) is 0 Å². The quantitative estimate of drug-likeness (QED) is 0.543. The van der Waals surface area contributed by atoms with Crippen molar-refractivity contribution in [2.75, 3.05) is 0 Å². The summed E-state index contributed by atoms with van der Waals surface area (Å²) >= 11 is 0. The summed E-state index contributed by atoms with van der Waals surface area (Å²) in [4.78, 5) is 0. The van der Waals surface area contributed by atoms with Gasteiger partial charge in [-0.2, -0.15) is 6.58 Å². The van der Waals surface area contributed by atoms with E-state index in [0.29, 0.717) is 0 Å². The van der Waals surface area contributed by atoms with E-state index in [9.17, 15) is 0 Å². The first kappa shape index (κ1) is 16.8. The first-order valence-corrected chi connectivity index (χ1v) is 3.12. The van der Waals surface area contributed by atoms with E-state index in [4.69, 9.17) is 0 Å². The molecule has 0 saturated heterocycles. The third kappa shape index (κ3) is 23.7. The maximum Gasteiger partial charge on any atom is 0 e.